The van der Waals surface area contributed by atoms with Crippen LogP contribution in [0.1, 0.15) is 19.3 Å². The van der Waals surface area contributed by atoms with Crippen LogP contribution in [0.5, 0.6) is 0 Å². The quantitative estimate of drug-likeness (QED) is 0.649. The van der Waals surface area contributed by atoms with E-state index in [4.69, 9.17) is 5.73 Å². The van der Waals surface area contributed by atoms with Crippen molar-refractivity contribution >= 4 is 17.4 Å². The van der Waals surface area contributed by atoms with Gasteiger partial charge in [0.25, 0.3) is 5.69 Å². The standard InChI is InChI=1S/C11H14N2O2S/c12-10-2-1-3-11(10)16-9-6-4-8(5-7-9)13(14)15/h4-7,10-11H,1-3,12H2. The maximum Gasteiger partial charge on any atom is 0.269 e. The highest BCUT2D eigenvalue weighted by atomic mass is 32.2. The van der Waals surface area contributed by atoms with Gasteiger partial charge in [-0.15, -0.1) is 11.8 Å². The lowest BCUT2D eigenvalue weighted by atomic mass is 10.3. The summed E-state index contributed by atoms with van der Waals surface area (Å²) in [6.07, 6.45) is 3.42. The number of non-ortho nitro benzene ring substituents is 1. The number of nitro benzene ring substituents is 1. The summed E-state index contributed by atoms with van der Waals surface area (Å²) in [6, 6.07) is 6.95. The monoisotopic (exact) mass is 238 g/mol. The molecule has 2 N–H and O–H groups in total. The Morgan fingerprint density at radius 1 is 1.31 bits per heavy atom. The van der Waals surface area contributed by atoms with Gasteiger partial charge in [-0.25, -0.2) is 0 Å². The summed E-state index contributed by atoms with van der Waals surface area (Å²) in [5.41, 5.74) is 6.11. The molecule has 1 aromatic carbocycles. The molecule has 1 saturated carbocycles. The number of hydrogen-bond donors (Lipinski definition) is 1. The van der Waals surface area contributed by atoms with E-state index in [1.807, 2.05) is 0 Å². The van der Waals surface area contributed by atoms with E-state index in [0.29, 0.717) is 5.25 Å². The minimum absolute atomic E-state index is 0.139. The first kappa shape index (κ1) is 11.4. The number of rotatable bonds is 3. The number of hydrogen-bond acceptors (Lipinski definition) is 4. The molecule has 1 aliphatic rings. The van der Waals surface area contributed by atoms with Crippen molar-refractivity contribution in [1.29, 1.82) is 0 Å². The van der Waals surface area contributed by atoms with Gasteiger partial charge in [0.2, 0.25) is 0 Å². The Bertz CT molecular complexity index is 380. The number of nitro groups is 1. The van der Waals surface area contributed by atoms with Crippen LogP contribution in [0.15, 0.2) is 29.2 Å². The first-order valence-corrected chi connectivity index (χ1v) is 6.21. The molecular weight excluding hydrogens is 224 g/mol. The fourth-order valence-corrected chi connectivity index (χ4v) is 3.16. The second kappa shape index (κ2) is 4.84. The van der Waals surface area contributed by atoms with E-state index in [-0.39, 0.29) is 16.7 Å². The van der Waals surface area contributed by atoms with Gasteiger partial charge in [0.05, 0.1) is 4.92 Å². The predicted octanol–water partition coefficient (Wildman–Crippen LogP) is 2.57. The van der Waals surface area contributed by atoms with E-state index >= 15 is 0 Å². The number of thioether (sulfide) groups is 1. The molecular formula is C11H14N2O2S. The molecule has 1 aromatic rings. The number of benzene rings is 1. The second-order valence-corrected chi connectivity index (χ2v) is 5.31. The van der Waals surface area contributed by atoms with Crippen molar-refractivity contribution in [2.45, 2.75) is 35.4 Å². The number of nitrogens with zero attached hydrogens (tertiary/aromatic N) is 1. The molecule has 0 saturated heterocycles. The normalized spacial score (nSPS) is 24.6. The van der Waals surface area contributed by atoms with Crippen LogP contribution < -0.4 is 5.73 Å². The van der Waals surface area contributed by atoms with Crippen LogP contribution in [0.2, 0.25) is 0 Å². The summed E-state index contributed by atoms with van der Waals surface area (Å²) in [5.74, 6) is 0. The van der Waals surface area contributed by atoms with E-state index in [0.717, 1.165) is 17.7 Å². The lowest BCUT2D eigenvalue weighted by Gasteiger charge is -2.14. The molecule has 0 spiro atoms. The largest absolute Gasteiger partial charge is 0.327 e. The average molecular weight is 238 g/mol. The second-order valence-electron chi connectivity index (χ2n) is 4.00. The minimum Gasteiger partial charge on any atom is -0.327 e. The topological polar surface area (TPSA) is 69.2 Å². The Morgan fingerprint density at radius 2 is 2.00 bits per heavy atom. The fraction of sp³-hybridized carbons (Fsp3) is 0.455. The smallest absolute Gasteiger partial charge is 0.269 e. The fourth-order valence-electron chi connectivity index (χ4n) is 1.92. The molecule has 86 valence electrons. The molecule has 0 amide bonds. The molecule has 2 unspecified atom stereocenters. The van der Waals surface area contributed by atoms with Crippen LogP contribution in [-0.4, -0.2) is 16.2 Å². The van der Waals surface area contributed by atoms with Crippen molar-refractivity contribution in [3.05, 3.63) is 34.4 Å². The third-order valence-corrected chi connectivity index (χ3v) is 4.27. The summed E-state index contributed by atoms with van der Waals surface area (Å²) >= 11 is 1.73. The lowest BCUT2D eigenvalue weighted by Crippen LogP contribution is -2.26. The molecule has 1 aliphatic carbocycles. The SMILES string of the molecule is NC1CCCC1Sc1ccc([N+](=O)[O-])cc1. The van der Waals surface area contributed by atoms with Crippen LogP contribution in [-0.2, 0) is 0 Å². The van der Waals surface area contributed by atoms with E-state index in [2.05, 4.69) is 0 Å². The summed E-state index contributed by atoms with van der Waals surface area (Å²) in [7, 11) is 0. The van der Waals surface area contributed by atoms with Crippen LogP contribution in [0, 0.1) is 10.1 Å². The summed E-state index contributed by atoms with van der Waals surface area (Å²) < 4.78 is 0. The Labute approximate surface area is 98.4 Å². The zero-order valence-electron chi connectivity index (χ0n) is 8.83. The highest BCUT2D eigenvalue weighted by molar-refractivity contribution is 8.00. The maximum absolute atomic E-state index is 10.5. The van der Waals surface area contributed by atoms with E-state index in [9.17, 15) is 10.1 Å². The molecule has 1 fully saturated rings. The molecule has 16 heavy (non-hydrogen) atoms. The van der Waals surface area contributed by atoms with Gasteiger partial charge in [-0.1, -0.05) is 6.42 Å². The van der Waals surface area contributed by atoms with Crippen LogP contribution >= 0.6 is 11.8 Å². The van der Waals surface area contributed by atoms with E-state index in [1.165, 1.54) is 6.42 Å². The summed E-state index contributed by atoms with van der Waals surface area (Å²) in [4.78, 5) is 11.2. The van der Waals surface area contributed by atoms with Crippen molar-refractivity contribution in [1.82, 2.24) is 0 Å². The third kappa shape index (κ3) is 2.54. The molecule has 0 radical (unpaired) electrons. The predicted molar refractivity (Wildman–Crippen MR) is 64.6 cm³/mol. The van der Waals surface area contributed by atoms with Gasteiger partial charge in [-0.05, 0) is 25.0 Å². The van der Waals surface area contributed by atoms with Gasteiger partial charge in [-0.3, -0.25) is 10.1 Å². The minimum atomic E-state index is -0.379. The van der Waals surface area contributed by atoms with Crippen LogP contribution in [0.25, 0.3) is 0 Å². The van der Waals surface area contributed by atoms with Crippen molar-refractivity contribution in [3.63, 3.8) is 0 Å². The van der Waals surface area contributed by atoms with Gasteiger partial charge in [0.15, 0.2) is 0 Å². The molecule has 2 rings (SSSR count). The lowest BCUT2D eigenvalue weighted by molar-refractivity contribution is -0.384. The first-order valence-electron chi connectivity index (χ1n) is 5.33. The van der Waals surface area contributed by atoms with Gasteiger partial charge in [0.1, 0.15) is 0 Å². The molecule has 2 atom stereocenters. The Balaban J connectivity index is 2.02. The van der Waals surface area contributed by atoms with E-state index < -0.39 is 0 Å². The van der Waals surface area contributed by atoms with Gasteiger partial charge in [0, 0.05) is 28.3 Å². The van der Waals surface area contributed by atoms with E-state index in [1.54, 1.807) is 36.0 Å². The van der Waals surface area contributed by atoms with Gasteiger partial charge < -0.3 is 5.73 Å². The maximum atomic E-state index is 10.5. The molecule has 0 bridgehead atoms. The molecule has 0 aromatic heterocycles. The average Bonchev–Trinajstić information content (AvgIpc) is 2.65. The van der Waals surface area contributed by atoms with Crippen molar-refractivity contribution in [2.24, 2.45) is 5.73 Å². The number of nitrogens with two attached hydrogens (primary N) is 1. The summed E-state index contributed by atoms with van der Waals surface area (Å²) in [5, 5.41) is 10.9. The Morgan fingerprint density at radius 3 is 2.50 bits per heavy atom. The van der Waals surface area contributed by atoms with Crippen LogP contribution in [0.4, 0.5) is 5.69 Å². The Kier molecular flexibility index (Phi) is 3.46. The molecule has 4 nitrogen and oxygen atoms in total. The molecule has 0 heterocycles. The zero-order chi connectivity index (χ0) is 11.5. The summed E-state index contributed by atoms with van der Waals surface area (Å²) in [6.45, 7) is 0. The van der Waals surface area contributed by atoms with Crippen molar-refractivity contribution < 1.29 is 4.92 Å². The third-order valence-electron chi connectivity index (χ3n) is 2.84. The first-order chi connectivity index (χ1) is 7.66. The molecule has 5 heteroatoms. The van der Waals surface area contributed by atoms with Crippen molar-refractivity contribution in [2.75, 3.05) is 0 Å². The van der Waals surface area contributed by atoms with Crippen LogP contribution in [0.3, 0.4) is 0 Å². The van der Waals surface area contributed by atoms with Gasteiger partial charge in [-0.2, -0.15) is 0 Å². The molecule has 0 aliphatic heterocycles. The highest BCUT2D eigenvalue weighted by Gasteiger charge is 2.24. The Hall–Kier alpha value is -1.07. The van der Waals surface area contributed by atoms with Crippen molar-refractivity contribution in [3.8, 4) is 0 Å². The van der Waals surface area contributed by atoms with Gasteiger partial charge >= 0.3 is 0 Å². The highest BCUT2D eigenvalue weighted by Crippen LogP contribution is 2.34. The zero-order valence-corrected chi connectivity index (χ0v) is 9.65.